The summed E-state index contributed by atoms with van der Waals surface area (Å²) in [6.07, 6.45) is 0.0483. The number of aryl methyl sites for hydroxylation is 2. The standard InChI is InChI=1S/C23H22I2N2O7/c1-11-7-15(10-16(24)21(11)31)33-22-12(2)6-14(8-17(22)25)9-18(26-13(3)28)23(32)34-27-19(29)4-5-20(27)30/h6-8,10,18,31H,4-5,9H2,1-3H3,(H,26,28). The van der Waals surface area contributed by atoms with E-state index in [-0.39, 0.29) is 25.0 Å². The minimum Gasteiger partial charge on any atom is -0.507 e. The maximum absolute atomic E-state index is 12.7. The molecule has 2 aromatic carbocycles. The molecule has 2 aromatic rings. The third kappa shape index (κ3) is 6.17. The fourth-order valence-corrected chi connectivity index (χ4v) is 5.08. The Hall–Kier alpha value is -2.42. The van der Waals surface area contributed by atoms with Crippen molar-refractivity contribution in [3.05, 3.63) is 48.1 Å². The Balaban J connectivity index is 1.81. The predicted octanol–water partition coefficient (Wildman–Crippen LogP) is 3.66. The van der Waals surface area contributed by atoms with Crippen LogP contribution in [0.5, 0.6) is 17.2 Å². The van der Waals surface area contributed by atoms with Gasteiger partial charge >= 0.3 is 5.97 Å². The van der Waals surface area contributed by atoms with Crippen LogP contribution in [0.2, 0.25) is 0 Å². The van der Waals surface area contributed by atoms with Crippen molar-refractivity contribution in [3.8, 4) is 17.2 Å². The van der Waals surface area contributed by atoms with E-state index in [1.54, 1.807) is 19.1 Å². The summed E-state index contributed by atoms with van der Waals surface area (Å²) in [6.45, 7) is 4.90. The molecule has 11 heteroatoms. The zero-order valence-corrected chi connectivity index (χ0v) is 22.9. The van der Waals surface area contributed by atoms with Crippen molar-refractivity contribution >= 4 is 68.9 Å². The maximum Gasteiger partial charge on any atom is 0.355 e. The number of hydrogen-bond donors (Lipinski definition) is 2. The molecule has 9 nitrogen and oxygen atoms in total. The van der Waals surface area contributed by atoms with Gasteiger partial charge in [0, 0.05) is 26.2 Å². The summed E-state index contributed by atoms with van der Waals surface area (Å²) in [5.74, 6) is -1.13. The third-order valence-electron chi connectivity index (χ3n) is 5.03. The Morgan fingerprint density at radius 3 is 2.26 bits per heavy atom. The summed E-state index contributed by atoms with van der Waals surface area (Å²) in [4.78, 5) is 52.9. The number of nitrogens with zero attached hydrogens (tertiary/aromatic N) is 1. The van der Waals surface area contributed by atoms with E-state index in [4.69, 9.17) is 9.57 Å². The zero-order valence-electron chi connectivity index (χ0n) is 18.6. The zero-order chi connectivity index (χ0) is 25.2. The molecule has 3 rings (SSSR count). The number of phenolic OH excluding ortho intramolecular Hbond substituents is 1. The summed E-state index contributed by atoms with van der Waals surface area (Å²) in [5, 5.41) is 13.0. The van der Waals surface area contributed by atoms with Gasteiger partial charge < -0.3 is 20.0 Å². The topological polar surface area (TPSA) is 122 Å². The van der Waals surface area contributed by atoms with Crippen molar-refractivity contribution in [1.82, 2.24) is 10.4 Å². The van der Waals surface area contributed by atoms with Crippen LogP contribution >= 0.6 is 45.2 Å². The molecule has 34 heavy (non-hydrogen) atoms. The van der Waals surface area contributed by atoms with Gasteiger partial charge in [-0.05, 0) is 93.9 Å². The molecule has 0 spiro atoms. The number of rotatable bonds is 7. The highest BCUT2D eigenvalue weighted by Crippen LogP contribution is 2.35. The quantitative estimate of drug-likeness (QED) is 0.336. The van der Waals surface area contributed by atoms with Crippen molar-refractivity contribution in [2.75, 3.05) is 0 Å². The number of carbonyl (C=O) groups excluding carboxylic acids is 4. The molecule has 1 saturated heterocycles. The molecule has 0 bridgehead atoms. The molecular formula is C23H22I2N2O7. The lowest BCUT2D eigenvalue weighted by atomic mass is 10.0. The number of imide groups is 1. The SMILES string of the molecule is CC(=O)NC(Cc1cc(C)c(Oc2cc(C)c(O)c(I)c2)c(I)c1)C(=O)ON1C(=O)CCC1=O. The van der Waals surface area contributed by atoms with Crippen LogP contribution in [0.25, 0.3) is 0 Å². The van der Waals surface area contributed by atoms with Crippen molar-refractivity contribution in [2.45, 2.75) is 46.1 Å². The van der Waals surface area contributed by atoms with E-state index < -0.39 is 29.7 Å². The predicted molar refractivity (Wildman–Crippen MR) is 138 cm³/mol. The van der Waals surface area contributed by atoms with Gasteiger partial charge in [0.15, 0.2) is 0 Å². The number of hydroxylamine groups is 2. The van der Waals surface area contributed by atoms with Crippen molar-refractivity contribution < 1.29 is 33.9 Å². The average Bonchev–Trinajstić information content (AvgIpc) is 3.05. The van der Waals surface area contributed by atoms with Gasteiger partial charge in [0.25, 0.3) is 11.8 Å². The van der Waals surface area contributed by atoms with Crippen LogP contribution in [0.15, 0.2) is 24.3 Å². The lowest BCUT2D eigenvalue weighted by Crippen LogP contribution is -2.45. The Labute approximate surface area is 223 Å². The van der Waals surface area contributed by atoms with Crippen LogP contribution in [-0.2, 0) is 30.4 Å². The van der Waals surface area contributed by atoms with E-state index in [1.165, 1.54) is 6.92 Å². The normalized spacial score (nSPS) is 14.2. The summed E-state index contributed by atoms with van der Waals surface area (Å²) in [7, 11) is 0. The molecule has 0 radical (unpaired) electrons. The molecule has 0 aromatic heterocycles. The molecule has 1 atom stereocenters. The van der Waals surface area contributed by atoms with E-state index >= 15 is 0 Å². The van der Waals surface area contributed by atoms with Gasteiger partial charge in [0.1, 0.15) is 23.3 Å². The number of phenols is 1. The molecular weight excluding hydrogens is 670 g/mol. The van der Waals surface area contributed by atoms with Gasteiger partial charge in [-0.25, -0.2) is 4.79 Å². The highest BCUT2D eigenvalue weighted by atomic mass is 127. The first-order chi connectivity index (χ1) is 16.0. The number of benzene rings is 2. The molecule has 0 saturated carbocycles. The number of ether oxygens (including phenoxy) is 1. The molecule has 3 amide bonds. The Bertz CT molecular complexity index is 1120. The number of halogens is 2. The van der Waals surface area contributed by atoms with E-state index in [2.05, 4.69) is 27.9 Å². The summed E-state index contributed by atoms with van der Waals surface area (Å²) in [5.41, 5.74) is 2.21. The number of carbonyl (C=O) groups is 4. The molecule has 180 valence electrons. The number of aromatic hydroxyl groups is 1. The second-order valence-corrected chi connectivity index (χ2v) is 10.2. The van der Waals surface area contributed by atoms with E-state index in [0.29, 0.717) is 25.7 Å². The monoisotopic (exact) mass is 692 g/mol. The summed E-state index contributed by atoms with van der Waals surface area (Å²) < 4.78 is 7.52. The van der Waals surface area contributed by atoms with Crippen molar-refractivity contribution in [2.24, 2.45) is 0 Å². The number of nitrogens with one attached hydrogen (secondary N) is 1. The van der Waals surface area contributed by atoms with E-state index in [1.807, 2.05) is 41.6 Å². The molecule has 2 N–H and O–H groups in total. The number of hydrogen-bond acceptors (Lipinski definition) is 7. The summed E-state index contributed by atoms with van der Waals surface area (Å²) in [6, 6.07) is 6.02. The van der Waals surface area contributed by atoms with Crippen LogP contribution in [0, 0.1) is 21.0 Å². The Morgan fingerprint density at radius 1 is 1.06 bits per heavy atom. The van der Waals surface area contributed by atoms with Gasteiger partial charge in [-0.2, -0.15) is 0 Å². The van der Waals surface area contributed by atoms with Crippen LogP contribution in [0.4, 0.5) is 0 Å². The number of amides is 3. The van der Waals surface area contributed by atoms with Crippen molar-refractivity contribution in [1.29, 1.82) is 0 Å². The third-order valence-corrected chi connectivity index (χ3v) is 6.65. The first-order valence-electron chi connectivity index (χ1n) is 10.3. The van der Waals surface area contributed by atoms with Gasteiger partial charge in [-0.3, -0.25) is 14.4 Å². The molecule has 1 aliphatic rings. The minimum atomic E-state index is -1.10. The molecule has 0 aliphatic carbocycles. The first-order valence-corrected chi connectivity index (χ1v) is 12.4. The summed E-state index contributed by atoms with van der Waals surface area (Å²) >= 11 is 4.15. The van der Waals surface area contributed by atoms with Crippen molar-refractivity contribution in [3.63, 3.8) is 0 Å². The average molecular weight is 692 g/mol. The van der Waals surface area contributed by atoms with Gasteiger partial charge in [-0.1, -0.05) is 6.07 Å². The van der Waals surface area contributed by atoms with Crippen LogP contribution in [-0.4, -0.2) is 39.9 Å². The molecule has 1 aliphatic heterocycles. The Morgan fingerprint density at radius 2 is 1.71 bits per heavy atom. The highest BCUT2D eigenvalue weighted by molar-refractivity contribution is 14.1. The van der Waals surface area contributed by atoms with Gasteiger partial charge in [-0.15, -0.1) is 5.06 Å². The minimum absolute atomic E-state index is 0.0185. The highest BCUT2D eigenvalue weighted by Gasteiger charge is 2.35. The fraction of sp³-hybridized carbons (Fsp3) is 0.304. The maximum atomic E-state index is 12.7. The molecule has 1 fully saturated rings. The smallest absolute Gasteiger partial charge is 0.355 e. The van der Waals surface area contributed by atoms with Gasteiger partial charge in [0.05, 0.1) is 7.14 Å². The van der Waals surface area contributed by atoms with E-state index in [9.17, 15) is 24.3 Å². The van der Waals surface area contributed by atoms with Crippen LogP contribution in [0.1, 0.15) is 36.5 Å². The second kappa shape index (κ2) is 10.9. The molecule has 1 unspecified atom stereocenters. The van der Waals surface area contributed by atoms with Crippen LogP contribution in [0.3, 0.4) is 0 Å². The first kappa shape index (κ1) is 26.2. The van der Waals surface area contributed by atoms with Gasteiger partial charge in [0.2, 0.25) is 5.91 Å². The van der Waals surface area contributed by atoms with Crippen LogP contribution < -0.4 is 10.1 Å². The van der Waals surface area contributed by atoms with E-state index in [0.717, 1.165) is 14.7 Å². The lowest BCUT2D eigenvalue weighted by Gasteiger charge is -2.20. The largest absolute Gasteiger partial charge is 0.507 e. The second-order valence-electron chi connectivity index (χ2n) is 7.85. The molecule has 1 heterocycles. The Kier molecular flexibility index (Phi) is 8.38. The fourth-order valence-electron chi connectivity index (χ4n) is 3.42. The lowest BCUT2D eigenvalue weighted by molar-refractivity contribution is -0.199.